The molecular weight excluding hydrogens is 817 g/mol. The third kappa shape index (κ3) is 14.1. The highest BCUT2D eigenvalue weighted by Crippen LogP contribution is 2.21. The maximum absolute atomic E-state index is 14.1. The lowest BCUT2D eigenvalue weighted by Crippen LogP contribution is -2.61. The van der Waals surface area contributed by atoms with E-state index >= 15 is 0 Å². The molecule has 64 heavy (non-hydrogen) atoms. The summed E-state index contributed by atoms with van der Waals surface area (Å²) in [7, 11) is 1.18. The number of hydrogen-bond donors (Lipinski definition) is 6. The summed E-state index contributed by atoms with van der Waals surface area (Å²) in [6.45, 7) is 13.6. The van der Waals surface area contributed by atoms with Gasteiger partial charge in [-0.1, -0.05) is 103 Å². The van der Waals surface area contributed by atoms with Crippen molar-refractivity contribution < 1.29 is 43.0 Å². The topological polar surface area (TPSA) is 210 Å². The van der Waals surface area contributed by atoms with Gasteiger partial charge in [0.1, 0.15) is 39.7 Å². The quantitative estimate of drug-likeness (QED) is 0.0624. The van der Waals surface area contributed by atoms with E-state index in [1.165, 1.54) is 60.8 Å². The minimum Gasteiger partial charge on any atom is -0.467 e. The number of carbonyl (C=O) groups excluding carboxylic acids is 7. The number of fused-ring (bicyclic) bond motifs is 1. The van der Waals surface area contributed by atoms with E-state index in [0.29, 0.717) is 11.1 Å². The zero-order chi connectivity index (χ0) is 47.5. The van der Waals surface area contributed by atoms with Gasteiger partial charge in [0.25, 0.3) is 11.8 Å². The predicted molar refractivity (Wildman–Crippen MR) is 245 cm³/mol. The summed E-state index contributed by atoms with van der Waals surface area (Å²) in [6, 6.07) is 29.3. The van der Waals surface area contributed by atoms with E-state index in [1.807, 2.05) is 42.5 Å². The van der Waals surface area contributed by atoms with Gasteiger partial charge in [-0.15, -0.1) is 0 Å². The molecule has 0 fully saturated rings. The Bertz CT molecular complexity index is 2430. The number of rotatable bonds is 16. The first kappa shape index (κ1) is 49.4. The van der Waals surface area contributed by atoms with Crippen molar-refractivity contribution in [1.82, 2.24) is 31.9 Å². The van der Waals surface area contributed by atoms with E-state index in [2.05, 4.69) is 31.9 Å². The molecule has 0 aliphatic heterocycles. The van der Waals surface area contributed by atoms with Crippen molar-refractivity contribution in [3.05, 3.63) is 131 Å². The third-order valence-electron chi connectivity index (χ3n) is 9.64. The molecule has 0 saturated heterocycles. The van der Waals surface area contributed by atoms with Crippen molar-refractivity contribution in [2.75, 3.05) is 7.11 Å². The Hall–Kier alpha value is -7.29. The molecule has 0 radical (unpaired) electrons. The van der Waals surface area contributed by atoms with Gasteiger partial charge >= 0.3 is 12.1 Å². The number of nitrogens with one attached hydrogen (secondary N) is 6. The summed E-state index contributed by atoms with van der Waals surface area (Å²) >= 11 is 0. The fourth-order valence-corrected chi connectivity index (χ4v) is 6.17. The Morgan fingerprint density at radius 1 is 0.562 bits per heavy atom. The van der Waals surface area contributed by atoms with Crippen LogP contribution in [0, 0.1) is 0 Å². The molecular formula is C49H58N6O9. The van der Waals surface area contributed by atoms with Crippen LogP contribution in [0.1, 0.15) is 79.0 Å². The normalized spacial score (nSPS) is 12.8. The predicted octanol–water partition coefficient (Wildman–Crippen LogP) is 5.45. The van der Waals surface area contributed by atoms with Gasteiger partial charge in [0.2, 0.25) is 17.7 Å². The first-order valence-electron chi connectivity index (χ1n) is 20.6. The maximum Gasteiger partial charge on any atom is 0.408 e. The smallest absolute Gasteiger partial charge is 0.408 e. The van der Waals surface area contributed by atoms with Gasteiger partial charge in [0.05, 0.1) is 7.11 Å². The summed E-state index contributed by atoms with van der Waals surface area (Å²) in [4.78, 5) is 95.3. The Labute approximate surface area is 373 Å². The van der Waals surface area contributed by atoms with Crippen molar-refractivity contribution in [3.8, 4) is 0 Å². The lowest BCUT2D eigenvalue weighted by Gasteiger charge is -2.30. The Morgan fingerprint density at radius 3 is 1.52 bits per heavy atom. The second kappa shape index (κ2) is 20.7. The van der Waals surface area contributed by atoms with Crippen molar-refractivity contribution in [1.29, 1.82) is 0 Å². The number of alkyl carbamates (subject to hydrolysis) is 1. The number of carbonyl (C=O) groups is 7. The molecule has 0 heterocycles. The number of ether oxygens (including phenoxy) is 2. The highest BCUT2D eigenvalue weighted by Gasteiger charge is 2.38. The third-order valence-corrected chi connectivity index (χ3v) is 9.64. The van der Waals surface area contributed by atoms with Crippen LogP contribution in [0.3, 0.4) is 0 Å². The molecule has 0 aromatic heterocycles. The molecule has 4 aromatic rings. The van der Waals surface area contributed by atoms with Gasteiger partial charge in [-0.05, 0) is 102 Å². The van der Waals surface area contributed by atoms with E-state index < -0.39 is 69.9 Å². The number of hydrogen-bond acceptors (Lipinski definition) is 9. The van der Waals surface area contributed by atoms with Crippen LogP contribution < -0.4 is 31.9 Å². The van der Waals surface area contributed by atoms with E-state index in [4.69, 9.17) is 9.47 Å². The van der Waals surface area contributed by atoms with E-state index in [1.54, 1.807) is 81.4 Å². The molecule has 0 aliphatic rings. The first-order valence-corrected chi connectivity index (χ1v) is 20.6. The van der Waals surface area contributed by atoms with Crippen LogP contribution in [0.15, 0.2) is 115 Å². The van der Waals surface area contributed by atoms with Gasteiger partial charge in [-0.3, -0.25) is 24.0 Å². The summed E-state index contributed by atoms with van der Waals surface area (Å²) in [5.41, 5.74) is -4.42. The molecule has 6 N–H and O–H groups in total. The van der Waals surface area contributed by atoms with Gasteiger partial charge < -0.3 is 41.4 Å². The fourth-order valence-electron chi connectivity index (χ4n) is 6.17. The van der Waals surface area contributed by atoms with Crippen molar-refractivity contribution in [2.24, 2.45) is 0 Å². The average Bonchev–Trinajstić information content (AvgIpc) is 3.22. The van der Waals surface area contributed by atoms with Crippen LogP contribution in [0.4, 0.5) is 4.79 Å². The summed E-state index contributed by atoms with van der Waals surface area (Å²) in [6.07, 6.45) is 2.02. The summed E-state index contributed by atoms with van der Waals surface area (Å²) < 4.78 is 10.3. The number of methoxy groups -OCH3 is 1. The summed E-state index contributed by atoms with van der Waals surface area (Å²) in [5, 5.41) is 17.6. The minimum absolute atomic E-state index is 0.0514. The number of esters is 1. The first-order chi connectivity index (χ1) is 29.9. The molecule has 0 aliphatic carbocycles. The minimum atomic E-state index is -1.72. The van der Waals surface area contributed by atoms with E-state index in [-0.39, 0.29) is 17.8 Å². The van der Waals surface area contributed by atoms with E-state index in [9.17, 15) is 33.6 Å². The van der Waals surface area contributed by atoms with Gasteiger partial charge in [0, 0.05) is 6.42 Å². The molecule has 0 spiro atoms. The van der Waals surface area contributed by atoms with Crippen molar-refractivity contribution >= 4 is 64.5 Å². The van der Waals surface area contributed by atoms with Crippen LogP contribution in [0.2, 0.25) is 0 Å². The van der Waals surface area contributed by atoms with Crippen molar-refractivity contribution in [2.45, 2.75) is 97.0 Å². The second-order valence-electron chi connectivity index (χ2n) is 17.7. The fraction of sp³-hybridized carbons (Fsp3) is 0.327. The molecule has 6 amide bonds. The molecule has 0 saturated carbocycles. The van der Waals surface area contributed by atoms with Crippen LogP contribution in [0.25, 0.3) is 22.9 Å². The van der Waals surface area contributed by atoms with Crippen molar-refractivity contribution in [3.63, 3.8) is 0 Å². The van der Waals surface area contributed by atoms with Crippen LogP contribution in [0.5, 0.6) is 0 Å². The molecule has 0 bridgehead atoms. The Balaban J connectivity index is 1.59. The highest BCUT2D eigenvalue weighted by molar-refractivity contribution is 6.08. The zero-order valence-corrected chi connectivity index (χ0v) is 37.9. The lowest BCUT2D eigenvalue weighted by atomic mass is 9.97. The molecule has 15 heteroatoms. The largest absolute Gasteiger partial charge is 0.467 e. The Morgan fingerprint density at radius 2 is 1.02 bits per heavy atom. The SMILES string of the molecule is COC(=O)C(C)(C)NC(=O)/C(=C\c1ccccc1)NC(=O)C(C)(C)NC(=O)/C(=C\c1ccccc1)NC(=O)C(C)(C)NC(=O)[C@H](Cc1cccc2ccccc12)NC(=O)OC(C)(C)C. The van der Waals surface area contributed by atoms with Gasteiger partial charge in [0.15, 0.2) is 0 Å². The summed E-state index contributed by atoms with van der Waals surface area (Å²) in [5.74, 6) is -4.74. The van der Waals surface area contributed by atoms with Crippen LogP contribution in [-0.2, 0) is 44.7 Å². The lowest BCUT2D eigenvalue weighted by molar-refractivity contribution is -0.149. The Kier molecular flexibility index (Phi) is 16.0. The monoisotopic (exact) mass is 874 g/mol. The van der Waals surface area contributed by atoms with Gasteiger partial charge in [-0.2, -0.15) is 0 Å². The average molecular weight is 875 g/mol. The van der Waals surface area contributed by atoms with E-state index in [0.717, 1.165) is 16.3 Å². The zero-order valence-electron chi connectivity index (χ0n) is 37.9. The highest BCUT2D eigenvalue weighted by atomic mass is 16.6. The second-order valence-corrected chi connectivity index (χ2v) is 17.7. The molecule has 338 valence electrons. The molecule has 0 unspecified atom stereocenters. The standard InChI is InChI=1S/C49H58N6O9/c1-46(2,3)64-45(62)52-38(30-34-26-19-25-33-24-17-18-27-35(33)34)41(58)54-48(6,7)43(60)50-36(28-31-20-13-11-14-21-31)39(56)53-47(4,5)42(59)51-37(29-32-22-15-12-16-23-32)40(57)55-49(8,9)44(61)63-10/h11-29,38H,30H2,1-10H3,(H,50,60)(H,51,59)(H,52,62)(H,53,56)(H,54,58)(H,55,57)/b36-28+,37-29+/t38-/m0/s1. The number of benzene rings is 4. The molecule has 4 rings (SSSR count). The number of amides is 6. The molecule has 15 nitrogen and oxygen atoms in total. The van der Waals surface area contributed by atoms with Gasteiger partial charge in [-0.25, -0.2) is 9.59 Å². The molecule has 1 atom stereocenters. The van der Waals surface area contributed by atoms with Crippen LogP contribution >= 0.6 is 0 Å². The maximum atomic E-state index is 14.1. The van der Waals surface area contributed by atoms with Crippen LogP contribution in [-0.4, -0.2) is 77.0 Å². The molecule has 4 aromatic carbocycles.